The van der Waals surface area contributed by atoms with Crippen molar-refractivity contribution in [3.63, 3.8) is 0 Å². The predicted octanol–water partition coefficient (Wildman–Crippen LogP) is 2.06. The zero-order valence-corrected chi connectivity index (χ0v) is 9.78. The minimum absolute atomic E-state index is 0.171. The SMILES string of the molecule is N#CCN(CC#N)Cc1ccc(C#N)cc1Cl. The largest absolute Gasteiger partial charge is 0.273 e. The van der Waals surface area contributed by atoms with Crippen molar-refractivity contribution in [3.05, 3.63) is 34.3 Å². The molecular weight excluding hydrogens is 236 g/mol. The van der Waals surface area contributed by atoms with Crippen molar-refractivity contribution < 1.29 is 0 Å². The third-order valence-electron chi connectivity index (χ3n) is 2.16. The summed E-state index contributed by atoms with van der Waals surface area (Å²) in [5, 5.41) is 26.4. The Morgan fingerprint density at radius 1 is 1.12 bits per heavy atom. The van der Waals surface area contributed by atoms with E-state index in [1.165, 1.54) is 0 Å². The monoisotopic (exact) mass is 244 g/mol. The molecule has 0 bridgehead atoms. The van der Waals surface area contributed by atoms with Crippen LogP contribution in [0.2, 0.25) is 5.02 Å². The zero-order chi connectivity index (χ0) is 12.7. The van der Waals surface area contributed by atoms with Gasteiger partial charge in [0.15, 0.2) is 0 Å². The van der Waals surface area contributed by atoms with Crippen LogP contribution < -0.4 is 0 Å². The van der Waals surface area contributed by atoms with Gasteiger partial charge in [-0.05, 0) is 17.7 Å². The zero-order valence-electron chi connectivity index (χ0n) is 9.02. The number of nitrogens with zero attached hydrogens (tertiary/aromatic N) is 4. The molecule has 0 aliphatic rings. The molecule has 1 aromatic carbocycles. The molecule has 84 valence electrons. The molecule has 0 radical (unpaired) electrons. The molecular formula is C12H9ClN4. The highest BCUT2D eigenvalue weighted by Crippen LogP contribution is 2.19. The maximum atomic E-state index is 8.70. The minimum atomic E-state index is 0.171. The van der Waals surface area contributed by atoms with Crippen molar-refractivity contribution in [1.29, 1.82) is 15.8 Å². The van der Waals surface area contributed by atoms with E-state index in [-0.39, 0.29) is 13.1 Å². The summed E-state index contributed by atoms with van der Waals surface area (Å²) in [6.45, 7) is 0.763. The summed E-state index contributed by atoms with van der Waals surface area (Å²) in [7, 11) is 0. The Morgan fingerprint density at radius 2 is 1.76 bits per heavy atom. The van der Waals surface area contributed by atoms with E-state index in [1.54, 1.807) is 23.1 Å². The first-order chi connectivity index (χ1) is 8.21. The van der Waals surface area contributed by atoms with Gasteiger partial charge in [0.25, 0.3) is 0 Å². The molecule has 1 aromatic rings. The van der Waals surface area contributed by atoms with Gasteiger partial charge in [0.2, 0.25) is 0 Å². The number of hydrogen-bond acceptors (Lipinski definition) is 4. The molecule has 0 atom stereocenters. The van der Waals surface area contributed by atoms with Gasteiger partial charge in [-0.1, -0.05) is 17.7 Å². The van der Waals surface area contributed by atoms with Gasteiger partial charge in [0.1, 0.15) is 0 Å². The van der Waals surface area contributed by atoms with Gasteiger partial charge >= 0.3 is 0 Å². The average Bonchev–Trinajstić information content (AvgIpc) is 2.32. The Kier molecular flexibility index (Phi) is 4.98. The average molecular weight is 245 g/mol. The van der Waals surface area contributed by atoms with Crippen molar-refractivity contribution in [1.82, 2.24) is 4.90 Å². The fourth-order valence-corrected chi connectivity index (χ4v) is 1.59. The molecule has 0 heterocycles. The molecule has 0 saturated heterocycles. The lowest BCUT2D eigenvalue weighted by Gasteiger charge is -2.16. The number of halogens is 1. The second-order valence-electron chi connectivity index (χ2n) is 3.38. The summed E-state index contributed by atoms with van der Waals surface area (Å²) in [5.74, 6) is 0. The van der Waals surface area contributed by atoms with E-state index in [1.807, 2.05) is 18.2 Å². The highest BCUT2D eigenvalue weighted by atomic mass is 35.5. The molecule has 0 aromatic heterocycles. The van der Waals surface area contributed by atoms with Crippen LogP contribution in [0.15, 0.2) is 18.2 Å². The molecule has 0 aliphatic heterocycles. The quantitative estimate of drug-likeness (QED) is 0.760. The first-order valence-electron chi connectivity index (χ1n) is 4.86. The molecule has 5 heteroatoms. The van der Waals surface area contributed by atoms with Crippen LogP contribution in [0, 0.1) is 34.0 Å². The van der Waals surface area contributed by atoms with E-state index in [2.05, 4.69) is 0 Å². The van der Waals surface area contributed by atoms with Gasteiger partial charge in [-0.25, -0.2) is 0 Å². The van der Waals surface area contributed by atoms with Gasteiger partial charge in [0, 0.05) is 11.6 Å². The lowest BCUT2D eigenvalue weighted by Crippen LogP contribution is -2.24. The standard InChI is InChI=1S/C12H9ClN4/c13-12-7-10(8-16)1-2-11(12)9-17(5-3-14)6-4-15/h1-2,7H,5-6,9H2. The van der Waals surface area contributed by atoms with E-state index >= 15 is 0 Å². The first kappa shape index (κ1) is 13.0. The van der Waals surface area contributed by atoms with Crippen LogP contribution >= 0.6 is 11.6 Å². The fourth-order valence-electron chi connectivity index (χ4n) is 1.35. The van der Waals surface area contributed by atoms with E-state index in [0.717, 1.165) is 5.56 Å². The Bertz CT molecular complexity index is 503. The smallest absolute Gasteiger partial charge is 0.0992 e. The highest BCUT2D eigenvalue weighted by molar-refractivity contribution is 6.31. The molecule has 0 N–H and O–H groups in total. The van der Waals surface area contributed by atoms with Crippen molar-refractivity contribution >= 4 is 11.6 Å². The van der Waals surface area contributed by atoms with Crippen LogP contribution in [0.3, 0.4) is 0 Å². The summed E-state index contributed by atoms with van der Waals surface area (Å²) in [6, 6.07) is 11.0. The summed E-state index contributed by atoms with van der Waals surface area (Å²) < 4.78 is 0. The summed E-state index contributed by atoms with van der Waals surface area (Å²) in [5.41, 5.74) is 1.29. The molecule has 17 heavy (non-hydrogen) atoms. The van der Waals surface area contributed by atoms with Crippen LogP contribution in [0.1, 0.15) is 11.1 Å². The molecule has 0 aliphatic carbocycles. The van der Waals surface area contributed by atoms with E-state index in [9.17, 15) is 0 Å². The van der Waals surface area contributed by atoms with Gasteiger partial charge in [-0.3, -0.25) is 4.90 Å². The maximum absolute atomic E-state index is 8.70. The fraction of sp³-hybridized carbons (Fsp3) is 0.250. The molecule has 0 spiro atoms. The molecule has 4 nitrogen and oxygen atoms in total. The lowest BCUT2D eigenvalue weighted by atomic mass is 10.1. The van der Waals surface area contributed by atoms with Crippen LogP contribution in [0.25, 0.3) is 0 Å². The van der Waals surface area contributed by atoms with Crippen LogP contribution in [-0.2, 0) is 6.54 Å². The van der Waals surface area contributed by atoms with Crippen LogP contribution in [0.5, 0.6) is 0 Å². The molecule has 0 amide bonds. The Hall–Kier alpha value is -2.06. The van der Waals surface area contributed by atoms with Gasteiger partial charge in [0.05, 0.1) is 36.9 Å². The van der Waals surface area contributed by atoms with E-state index in [0.29, 0.717) is 17.1 Å². The van der Waals surface area contributed by atoms with Crippen molar-refractivity contribution in [2.45, 2.75) is 6.54 Å². The van der Waals surface area contributed by atoms with Crippen LogP contribution in [-0.4, -0.2) is 18.0 Å². The number of hydrogen-bond donors (Lipinski definition) is 0. The van der Waals surface area contributed by atoms with Crippen LogP contribution in [0.4, 0.5) is 0 Å². The lowest BCUT2D eigenvalue weighted by molar-refractivity contribution is 0.335. The Morgan fingerprint density at radius 3 is 2.24 bits per heavy atom. The predicted molar refractivity (Wildman–Crippen MR) is 62.7 cm³/mol. The third kappa shape index (κ3) is 3.78. The normalized spacial score (nSPS) is 9.35. The van der Waals surface area contributed by atoms with Crippen molar-refractivity contribution in [2.24, 2.45) is 0 Å². The second kappa shape index (κ2) is 6.51. The topological polar surface area (TPSA) is 74.6 Å². The third-order valence-corrected chi connectivity index (χ3v) is 2.52. The first-order valence-corrected chi connectivity index (χ1v) is 5.24. The Balaban J connectivity index is 2.84. The molecule has 0 saturated carbocycles. The summed E-state index contributed by atoms with van der Waals surface area (Å²) in [4.78, 5) is 1.67. The number of rotatable bonds is 4. The highest BCUT2D eigenvalue weighted by Gasteiger charge is 2.08. The van der Waals surface area contributed by atoms with Gasteiger partial charge in [-0.15, -0.1) is 0 Å². The maximum Gasteiger partial charge on any atom is 0.0992 e. The summed E-state index contributed by atoms with van der Waals surface area (Å²) >= 11 is 6.01. The molecule has 0 unspecified atom stereocenters. The Labute approximate surface area is 105 Å². The van der Waals surface area contributed by atoms with E-state index in [4.69, 9.17) is 27.4 Å². The number of nitriles is 3. The number of benzene rings is 1. The summed E-state index contributed by atoms with van der Waals surface area (Å²) in [6.07, 6.45) is 0. The van der Waals surface area contributed by atoms with Gasteiger partial charge in [-0.2, -0.15) is 15.8 Å². The second-order valence-corrected chi connectivity index (χ2v) is 3.79. The van der Waals surface area contributed by atoms with E-state index < -0.39 is 0 Å². The van der Waals surface area contributed by atoms with Crippen molar-refractivity contribution in [2.75, 3.05) is 13.1 Å². The van der Waals surface area contributed by atoms with Gasteiger partial charge < -0.3 is 0 Å². The van der Waals surface area contributed by atoms with Crippen molar-refractivity contribution in [3.8, 4) is 18.2 Å². The minimum Gasteiger partial charge on any atom is -0.273 e. The molecule has 1 rings (SSSR count). The molecule has 0 fully saturated rings.